The third kappa shape index (κ3) is 2.74. The minimum Gasteiger partial charge on any atom is -0.272 e. The summed E-state index contributed by atoms with van der Waals surface area (Å²) < 4.78 is 1.92. The van der Waals surface area contributed by atoms with Gasteiger partial charge in [-0.1, -0.05) is 0 Å². The maximum absolute atomic E-state index is 5.65. The molecule has 0 amide bonds. The molecule has 2 aromatic heterocycles. The number of aromatic nitrogens is 2. The molecule has 1 atom stereocenters. The fourth-order valence-corrected chi connectivity index (χ4v) is 2.88. The van der Waals surface area contributed by atoms with Crippen LogP contribution in [0.25, 0.3) is 0 Å². The van der Waals surface area contributed by atoms with E-state index in [0.717, 1.165) is 12.1 Å². The van der Waals surface area contributed by atoms with Crippen LogP contribution in [0.1, 0.15) is 27.2 Å². The highest BCUT2D eigenvalue weighted by molar-refractivity contribution is 7.12. The molecule has 0 aromatic carbocycles. The molecule has 0 aliphatic rings. The Morgan fingerprint density at radius 1 is 1.47 bits per heavy atom. The number of hydrazine groups is 1. The van der Waals surface area contributed by atoms with E-state index in [1.165, 1.54) is 15.4 Å². The number of nitrogens with one attached hydrogen (secondary N) is 1. The van der Waals surface area contributed by atoms with Gasteiger partial charge in [-0.3, -0.25) is 16.0 Å². The zero-order valence-corrected chi connectivity index (χ0v) is 11.2. The average molecular weight is 250 g/mol. The second kappa shape index (κ2) is 5.00. The normalized spacial score (nSPS) is 12.9. The van der Waals surface area contributed by atoms with Gasteiger partial charge in [-0.2, -0.15) is 5.10 Å². The van der Waals surface area contributed by atoms with Crippen LogP contribution in [0.2, 0.25) is 0 Å². The van der Waals surface area contributed by atoms with Gasteiger partial charge >= 0.3 is 0 Å². The van der Waals surface area contributed by atoms with Crippen molar-refractivity contribution in [2.75, 3.05) is 0 Å². The van der Waals surface area contributed by atoms with Gasteiger partial charge in [0.25, 0.3) is 0 Å². The van der Waals surface area contributed by atoms with Crippen molar-refractivity contribution in [1.29, 1.82) is 0 Å². The molecule has 92 valence electrons. The van der Waals surface area contributed by atoms with Crippen LogP contribution in [0.4, 0.5) is 0 Å². The number of hydrogen-bond donors (Lipinski definition) is 2. The molecule has 5 heteroatoms. The predicted octanol–water partition coefficient (Wildman–Crippen LogP) is 1.85. The molecule has 2 aromatic rings. The molecule has 0 aliphatic heterocycles. The fourth-order valence-electron chi connectivity index (χ4n) is 1.95. The van der Waals surface area contributed by atoms with Crippen molar-refractivity contribution in [3.05, 3.63) is 39.3 Å². The van der Waals surface area contributed by atoms with E-state index >= 15 is 0 Å². The molecule has 0 saturated carbocycles. The summed E-state index contributed by atoms with van der Waals surface area (Å²) in [5.74, 6) is 5.65. The van der Waals surface area contributed by atoms with Crippen molar-refractivity contribution in [2.45, 2.75) is 26.3 Å². The smallest absolute Gasteiger partial charge is 0.0608 e. The van der Waals surface area contributed by atoms with E-state index in [1.54, 1.807) is 11.3 Å². The van der Waals surface area contributed by atoms with Gasteiger partial charge in [0, 0.05) is 28.9 Å². The van der Waals surface area contributed by atoms with Gasteiger partial charge in [-0.25, -0.2) is 0 Å². The fraction of sp³-hybridized carbons (Fsp3) is 0.417. The first-order valence-electron chi connectivity index (χ1n) is 5.62. The lowest BCUT2D eigenvalue weighted by molar-refractivity contribution is 0.537. The number of hydrogen-bond acceptors (Lipinski definition) is 4. The first-order chi connectivity index (χ1) is 8.10. The summed E-state index contributed by atoms with van der Waals surface area (Å²) in [4.78, 5) is 2.57. The minimum absolute atomic E-state index is 0.156. The molecule has 0 radical (unpaired) electrons. The lowest BCUT2D eigenvalue weighted by Gasteiger charge is -2.14. The summed E-state index contributed by atoms with van der Waals surface area (Å²) in [5, 5.41) is 4.35. The Morgan fingerprint density at radius 2 is 2.24 bits per heavy atom. The van der Waals surface area contributed by atoms with Crippen molar-refractivity contribution >= 4 is 11.3 Å². The highest BCUT2D eigenvalue weighted by atomic mass is 32.1. The maximum Gasteiger partial charge on any atom is 0.0608 e. The van der Waals surface area contributed by atoms with Gasteiger partial charge in [0.15, 0.2) is 0 Å². The Balaban J connectivity index is 2.18. The van der Waals surface area contributed by atoms with Crippen LogP contribution >= 0.6 is 11.3 Å². The first kappa shape index (κ1) is 12.3. The van der Waals surface area contributed by atoms with E-state index < -0.39 is 0 Å². The van der Waals surface area contributed by atoms with E-state index in [-0.39, 0.29) is 6.04 Å². The van der Waals surface area contributed by atoms with Gasteiger partial charge in [-0.15, -0.1) is 11.3 Å². The van der Waals surface area contributed by atoms with Crippen molar-refractivity contribution in [1.82, 2.24) is 15.2 Å². The van der Waals surface area contributed by atoms with Crippen molar-refractivity contribution in [3.8, 4) is 0 Å². The summed E-state index contributed by atoms with van der Waals surface area (Å²) in [6, 6.07) is 6.51. The van der Waals surface area contributed by atoms with Gasteiger partial charge in [0.05, 0.1) is 11.7 Å². The van der Waals surface area contributed by atoms with Crippen LogP contribution < -0.4 is 11.3 Å². The van der Waals surface area contributed by atoms with E-state index in [9.17, 15) is 0 Å². The molecule has 2 rings (SSSR count). The van der Waals surface area contributed by atoms with E-state index in [2.05, 4.69) is 35.6 Å². The molecule has 0 aliphatic carbocycles. The summed E-state index contributed by atoms with van der Waals surface area (Å²) >= 11 is 1.78. The van der Waals surface area contributed by atoms with Crippen LogP contribution in [-0.4, -0.2) is 9.78 Å². The molecule has 17 heavy (non-hydrogen) atoms. The number of aryl methyl sites for hydroxylation is 3. The second-order valence-electron chi connectivity index (χ2n) is 4.27. The lowest BCUT2D eigenvalue weighted by atomic mass is 10.1. The SMILES string of the molecule is Cc1cc(CC(NN)c2ccc(C)s2)n(C)n1. The van der Waals surface area contributed by atoms with Gasteiger partial charge in [0.2, 0.25) is 0 Å². The molecule has 1 unspecified atom stereocenters. The molecule has 3 N–H and O–H groups in total. The molecule has 2 heterocycles. The van der Waals surface area contributed by atoms with Crippen molar-refractivity contribution in [2.24, 2.45) is 12.9 Å². The largest absolute Gasteiger partial charge is 0.272 e. The Morgan fingerprint density at radius 3 is 2.71 bits per heavy atom. The molecule has 0 saturated heterocycles. The van der Waals surface area contributed by atoms with Crippen LogP contribution in [0.15, 0.2) is 18.2 Å². The Hall–Kier alpha value is -1.17. The third-order valence-electron chi connectivity index (χ3n) is 2.82. The monoisotopic (exact) mass is 250 g/mol. The zero-order valence-electron chi connectivity index (χ0n) is 10.4. The number of thiophene rings is 1. The van der Waals surface area contributed by atoms with Crippen molar-refractivity contribution in [3.63, 3.8) is 0 Å². The molecule has 4 nitrogen and oxygen atoms in total. The van der Waals surface area contributed by atoms with Crippen molar-refractivity contribution < 1.29 is 0 Å². The van der Waals surface area contributed by atoms with Crippen LogP contribution in [0, 0.1) is 13.8 Å². The molecular formula is C12H18N4S. The van der Waals surface area contributed by atoms with E-state index in [1.807, 2.05) is 18.7 Å². The zero-order chi connectivity index (χ0) is 12.4. The minimum atomic E-state index is 0.156. The summed E-state index contributed by atoms with van der Waals surface area (Å²) in [7, 11) is 1.97. The Kier molecular flexibility index (Phi) is 3.61. The topological polar surface area (TPSA) is 55.9 Å². The molecular weight excluding hydrogens is 232 g/mol. The average Bonchev–Trinajstić information content (AvgIpc) is 2.82. The highest BCUT2D eigenvalue weighted by Crippen LogP contribution is 2.25. The van der Waals surface area contributed by atoms with Crippen LogP contribution in [0.5, 0.6) is 0 Å². The predicted molar refractivity (Wildman–Crippen MR) is 70.8 cm³/mol. The first-order valence-corrected chi connectivity index (χ1v) is 6.44. The molecule has 0 spiro atoms. The van der Waals surface area contributed by atoms with Crippen LogP contribution in [0.3, 0.4) is 0 Å². The number of rotatable bonds is 4. The third-order valence-corrected chi connectivity index (χ3v) is 3.93. The Bertz CT molecular complexity index is 500. The number of nitrogens with zero attached hydrogens (tertiary/aromatic N) is 2. The maximum atomic E-state index is 5.65. The summed E-state index contributed by atoms with van der Waals surface area (Å²) in [5.41, 5.74) is 5.12. The van der Waals surface area contributed by atoms with Gasteiger partial charge in [0.1, 0.15) is 0 Å². The van der Waals surface area contributed by atoms with Crippen LogP contribution in [-0.2, 0) is 13.5 Å². The lowest BCUT2D eigenvalue weighted by Crippen LogP contribution is -2.29. The second-order valence-corrected chi connectivity index (χ2v) is 5.59. The molecule has 0 fully saturated rings. The standard InChI is InChI=1S/C12H18N4S/c1-8-6-10(16(3)15-8)7-11(14-13)12-5-4-9(2)17-12/h4-6,11,14H,7,13H2,1-3H3. The van der Waals surface area contributed by atoms with Gasteiger partial charge < -0.3 is 0 Å². The number of nitrogens with two attached hydrogens (primary N) is 1. The Labute approximate surface area is 105 Å². The quantitative estimate of drug-likeness (QED) is 0.643. The van der Waals surface area contributed by atoms with E-state index in [0.29, 0.717) is 0 Å². The summed E-state index contributed by atoms with van der Waals surface area (Å²) in [6.07, 6.45) is 0.855. The summed E-state index contributed by atoms with van der Waals surface area (Å²) in [6.45, 7) is 4.11. The van der Waals surface area contributed by atoms with E-state index in [4.69, 9.17) is 5.84 Å². The highest BCUT2D eigenvalue weighted by Gasteiger charge is 2.14. The van der Waals surface area contributed by atoms with Gasteiger partial charge in [-0.05, 0) is 32.0 Å². The molecule has 0 bridgehead atoms.